The minimum absolute atomic E-state index is 0.00568. The van der Waals surface area contributed by atoms with Crippen LogP contribution in [0.25, 0.3) is 0 Å². The molecule has 0 radical (unpaired) electrons. The van der Waals surface area contributed by atoms with Crippen LogP contribution in [0.15, 0.2) is 47.6 Å². The summed E-state index contributed by atoms with van der Waals surface area (Å²) < 4.78 is 0. The maximum atomic E-state index is 11.0. The predicted molar refractivity (Wildman–Crippen MR) is 99.3 cm³/mol. The van der Waals surface area contributed by atoms with Crippen molar-refractivity contribution < 1.29 is 14.8 Å². The predicted octanol–water partition coefficient (Wildman–Crippen LogP) is 2.74. The molecule has 148 valence electrons. The highest BCUT2D eigenvalue weighted by molar-refractivity contribution is 7.98. The monoisotopic (exact) mass is 417 g/mol. The molecule has 0 aliphatic heterocycles. The number of hydrogen-bond acceptors (Lipinski definition) is 10. The molecule has 0 N–H and O–H groups in total. The highest BCUT2D eigenvalue weighted by Gasteiger charge is 2.17. The zero-order valence-corrected chi connectivity index (χ0v) is 15.3. The maximum absolute atomic E-state index is 11.0. The van der Waals surface area contributed by atoms with Crippen molar-refractivity contribution in [3.05, 3.63) is 83.9 Å². The molecular weight excluding hydrogens is 406 g/mol. The lowest BCUT2D eigenvalue weighted by atomic mass is 10.2. The van der Waals surface area contributed by atoms with E-state index in [0.717, 1.165) is 11.6 Å². The number of non-ortho nitro benzene ring substituents is 3. The molecule has 14 heteroatoms. The average molecular weight is 417 g/mol. The Kier molecular flexibility index (Phi) is 5.73. The molecule has 1 aromatic heterocycles. The Bertz CT molecular complexity index is 1050. The van der Waals surface area contributed by atoms with Gasteiger partial charge in [0, 0.05) is 30.0 Å². The van der Waals surface area contributed by atoms with Crippen molar-refractivity contribution in [2.24, 2.45) is 0 Å². The first kappa shape index (κ1) is 19.8. The molecule has 13 nitrogen and oxygen atoms in total. The summed E-state index contributed by atoms with van der Waals surface area (Å²) >= 11 is 1.24. The number of hydrogen-bond donors (Lipinski definition) is 0. The van der Waals surface area contributed by atoms with E-state index >= 15 is 0 Å². The van der Waals surface area contributed by atoms with Crippen LogP contribution in [0, 0.1) is 30.3 Å². The summed E-state index contributed by atoms with van der Waals surface area (Å²) in [6, 6.07) is 9.34. The quantitative estimate of drug-likeness (QED) is 0.301. The Morgan fingerprint density at radius 3 is 1.97 bits per heavy atom. The third kappa shape index (κ3) is 5.07. The minimum atomic E-state index is -0.712. The Morgan fingerprint density at radius 1 is 0.828 bits per heavy atom. The Hall–Kier alpha value is -3.94. The van der Waals surface area contributed by atoms with E-state index in [4.69, 9.17) is 0 Å². The first-order chi connectivity index (χ1) is 13.8. The lowest BCUT2D eigenvalue weighted by Gasteiger charge is -2.01. The van der Waals surface area contributed by atoms with E-state index in [1.807, 2.05) is 0 Å². The molecule has 29 heavy (non-hydrogen) atoms. The van der Waals surface area contributed by atoms with Gasteiger partial charge in [0.1, 0.15) is 0 Å². The van der Waals surface area contributed by atoms with E-state index < -0.39 is 26.1 Å². The van der Waals surface area contributed by atoms with Gasteiger partial charge in [-0.3, -0.25) is 30.3 Å². The minimum Gasteiger partial charge on any atom is -0.258 e. The molecule has 0 atom stereocenters. The Labute approximate surface area is 165 Å². The molecule has 0 bridgehead atoms. The van der Waals surface area contributed by atoms with Gasteiger partial charge in [0.15, 0.2) is 0 Å². The van der Waals surface area contributed by atoms with Gasteiger partial charge in [-0.25, -0.2) is 0 Å². The summed E-state index contributed by atoms with van der Waals surface area (Å²) in [5.41, 5.74) is 0.305. The molecule has 3 rings (SSSR count). The molecule has 0 saturated carbocycles. The van der Waals surface area contributed by atoms with Crippen molar-refractivity contribution in [1.82, 2.24) is 20.2 Å². The summed E-state index contributed by atoms with van der Waals surface area (Å²) in [6.45, 7) is -0.0341. The van der Waals surface area contributed by atoms with E-state index in [9.17, 15) is 30.3 Å². The summed E-state index contributed by atoms with van der Waals surface area (Å²) in [6.07, 6.45) is 0. The Morgan fingerprint density at radius 2 is 1.41 bits per heavy atom. The first-order valence-corrected chi connectivity index (χ1v) is 8.87. The fourth-order valence-corrected chi connectivity index (χ4v) is 3.07. The summed E-state index contributed by atoms with van der Waals surface area (Å²) in [5.74, 6) is 0.450. The third-order valence-corrected chi connectivity index (χ3v) is 4.56. The van der Waals surface area contributed by atoms with E-state index in [-0.39, 0.29) is 17.8 Å². The van der Waals surface area contributed by atoms with Crippen molar-refractivity contribution >= 4 is 28.8 Å². The fourth-order valence-electron chi connectivity index (χ4n) is 2.34. The highest BCUT2D eigenvalue weighted by atomic mass is 32.2. The lowest BCUT2D eigenvalue weighted by molar-refractivity contribution is -0.394. The number of nitrogens with zero attached hydrogens (tertiary/aromatic N) is 7. The fraction of sp³-hybridized carbons (Fsp3) is 0.133. The normalized spacial score (nSPS) is 10.6. The SMILES string of the molecule is O=[N+]([O-])c1ccc(CSc2nnn(Cc3cc([N+](=O)[O-])cc([N+](=O)[O-])c3)n2)cc1. The molecule has 0 aliphatic carbocycles. The molecule has 1 heterocycles. The average Bonchev–Trinajstić information content (AvgIpc) is 3.13. The van der Waals surface area contributed by atoms with Crippen molar-refractivity contribution in [2.75, 3.05) is 0 Å². The molecule has 3 aromatic rings. The molecule has 0 spiro atoms. The number of aromatic nitrogens is 4. The highest BCUT2D eigenvalue weighted by Crippen LogP contribution is 2.24. The molecule has 0 saturated heterocycles. The number of rotatable bonds is 8. The van der Waals surface area contributed by atoms with Crippen molar-refractivity contribution in [3.63, 3.8) is 0 Å². The summed E-state index contributed by atoms with van der Waals surface area (Å²) in [4.78, 5) is 31.8. The molecule has 2 aromatic carbocycles. The van der Waals surface area contributed by atoms with Crippen LogP contribution in [0.4, 0.5) is 17.1 Å². The smallest absolute Gasteiger partial charge is 0.258 e. The maximum Gasteiger partial charge on any atom is 0.276 e. The second kappa shape index (κ2) is 8.39. The third-order valence-electron chi connectivity index (χ3n) is 3.66. The van der Waals surface area contributed by atoms with Crippen LogP contribution in [-0.2, 0) is 12.3 Å². The molecule has 0 unspecified atom stereocenters. The van der Waals surface area contributed by atoms with Crippen LogP contribution in [0.2, 0.25) is 0 Å². The van der Waals surface area contributed by atoms with Gasteiger partial charge in [-0.2, -0.15) is 4.80 Å². The van der Waals surface area contributed by atoms with Crippen LogP contribution < -0.4 is 0 Å². The van der Waals surface area contributed by atoms with Crippen LogP contribution in [0.5, 0.6) is 0 Å². The van der Waals surface area contributed by atoms with Gasteiger partial charge >= 0.3 is 0 Å². The first-order valence-electron chi connectivity index (χ1n) is 7.88. The molecule has 0 fully saturated rings. The second-order valence-electron chi connectivity index (χ2n) is 5.69. The zero-order chi connectivity index (χ0) is 21.0. The van der Waals surface area contributed by atoms with E-state index in [1.54, 1.807) is 12.1 Å². The van der Waals surface area contributed by atoms with Gasteiger partial charge in [-0.05, 0) is 16.3 Å². The van der Waals surface area contributed by atoms with Gasteiger partial charge in [-0.15, -0.1) is 10.2 Å². The molecular formula is C15H11N7O6S. The van der Waals surface area contributed by atoms with Crippen LogP contribution in [0.1, 0.15) is 11.1 Å². The van der Waals surface area contributed by atoms with Gasteiger partial charge < -0.3 is 0 Å². The number of tetrazole rings is 1. The van der Waals surface area contributed by atoms with Gasteiger partial charge in [0.2, 0.25) is 5.16 Å². The van der Waals surface area contributed by atoms with E-state index in [2.05, 4.69) is 15.4 Å². The van der Waals surface area contributed by atoms with E-state index in [0.29, 0.717) is 10.9 Å². The number of nitro groups is 3. The lowest BCUT2D eigenvalue weighted by Crippen LogP contribution is -2.05. The molecule has 0 aliphatic rings. The van der Waals surface area contributed by atoms with Gasteiger partial charge in [0.05, 0.1) is 27.4 Å². The standard InChI is InChI=1S/C15H11N7O6S/c23-20(24)12-3-1-10(2-4-12)9-29-15-16-18-19(17-15)8-11-5-13(21(25)26)7-14(6-11)22(27)28/h1-7H,8-9H2. The van der Waals surface area contributed by atoms with Gasteiger partial charge in [0.25, 0.3) is 17.1 Å². The summed E-state index contributed by atoms with van der Waals surface area (Å²) in [7, 11) is 0. The van der Waals surface area contributed by atoms with E-state index in [1.165, 1.54) is 40.8 Å². The topological polar surface area (TPSA) is 173 Å². The Balaban J connectivity index is 1.68. The number of thioether (sulfide) groups is 1. The molecule has 0 amide bonds. The van der Waals surface area contributed by atoms with Crippen LogP contribution in [0.3, 0.4) is 0 Å². The van der Waals surface area contributed by atoms with Crippen LogP contribution in [-0.4, -0.2) is 35.0 Å². The summed E-state index contributed by atoms with van der Waals surface area (Å²) in [5, 5.41) is 44.7. The zero-order valence-electron chi connectivity index (χ0n) is 14.4. The second-order valence-corrected chi connectivity index (χ2v) is 6.63. The van der Waals surface area contributed by atoms with Gasteiger partial charge in [-0.1, -0.05) is 23.9 Å². The van der Waals surface area contributed by atoms with Crippen molar-refractivity contribution in [3.8, 4) is 0 Å². The number of benzene rings is 2. The van der Waals surface area contributed by atoms with Crippen molar-refractivity contribution in [1.29, 1.82) is 0 Å². The number of nitro benzene ring substituents is 3. The van der Waals surface area contributed by atoms with Crippen molar-refractivity contribution in [2.45, 2.75) is 17.5 Å². The van der Waals surface area contributed by atoms with Crippen LogP contribution >= 0.6 is 11.8 Å². The largest absolute Gasteiger partial charge is 0.276 e.